The fraction of sp³-hybridized carbons (Fsp3) is 0.0909. The monoisotopic (exact) mass is 394 g/mol. The third kappa shape index (κ3) is 5.34. The number of rotatable bonds is 6. The molecule has 2 amide bonds. The molecule has 0 heterocycles. The molecule has 0 atom stereocenters. The second-order valence-corrected chi connectivity index (χ2v) is 6.52. The summed E-state index contributed by atoms with van der Waals surface area (Å²) in [5.74, 6) is 0.878. The smallest absolute Gasteiger partial charge is 0.255 e. The van der Waals surface area contributed by atoms with Gasteiger partial charge in [-0.25, -0.2) is 0 Å². The molecular weight excluding hydrogens is 376 g/mol. The van der Waals surface area contributed by atoms with Crippen molar-refractivity contribution in [1.82, 2.24) is 5.32 Å². The number of hydrogen-bond donors (Lipinski definition) is 2. The number of halogens is 1. The predicted octanol–water partition coefficient (Wildman–Crippen LogP) is 5.02. The van der Waals surface area contributed by atoms with Crippen molar-refractivity contribution in [1.29, 1.82) is 0 Å². The maximum atomic E-state index is 12.4. The van der Waals surface area contributed by atoms with Gasteiger partial charge < -0.3 is 15.4 Å². The van der Waals surface area contributed by atoms with Crippen molar-refractivity contribution in [3.8, 4) is 11.5 Å². The van der Waals surface area contributed by atoms with Crippen LogP contribution in [0.5, 0.6) is 11.5 Å². The number of anilines is 1. The minimum Gasteiger partial charge on any atom is -0.456 e. The maximum Gasteiger partial charge on any atom is 0.255 e. The van der Waals surface area contributed by atoms with Gasteiger partial charge in [-0.05, 0) is 54.1 Å². The first-order valence-electron chi connectivity index (χ1n) is 8.68. The van der Waals surface area contributed by atoms with Crippen LogP contribution in [-0.4, -0.2) is 11.8 Å². The zero-order valence-corrected chi connectivity index (χ0v) is 16.0. The van der Waals surface area contributed by atoms with E-state index in [9.17, 15) is 9.59 Å². The van der Waals surface area contributed by atoms with E-state index in [1.54, 1.807) is 48.5 Å². The number of nitrogens with one attached hydrogen (secondary N) is 2. The molecule has 6 heteroatoms. The second-order valence-electron chi connectivity index (χ2n) is 6.12. The van der Waals surface area contributed by atoms with Gasteiger partial charge in [0.2, 0.25) is 5.91 Å². The van der Waals surface area contributed by atoms with Crippen molar-refractivity contribution in [2.75, 3.05) is 5.32 Å². The lowest BCUT2D eigenvalue weighted by Crippen LogP contribution is -2.19. The highest BCUT2D eigenvalue weighted by molar-refractivity contribution is 6.32. The van der Waals surface area contributed by atoms with E-state index < -0.39 is 0 Å². The number of ether oxygens (including phenoxy) is 1. The van der Waals surface area contributed by atoms with Crippen LogP contribution in [-0.2, 0) is 11.3 Å². The molecule has 3 rings (SSSR count). The van der Waals surface area contributed by atoms with E-state index in [0.29, 0.717) is 34.3 Å². The van der Waals surface area contributed by atoms with Crippen LogP contribution in [0.15, 0.2) is 72.8 Å². The van der Waals surface area contributed by atoms with Crippen molar-refractivity contribution < 1.29 is 14.3 Å². The minimum atomic E-state index is -0.217. The first-order valence-corrected chi connectivity index (χ1v) is 9.06. The highest BCUT2D eigenvalue weighted by Gasteiger charge is 2.07. The van der Waals surface area contributed by atoms with E-state index in [4.69, 9.17) is 16.3 Å². The number of para-hydroxylation sites is 1. The lowest BCUT2D eigenvalue weighted by molar-refractivity contribution is -0.119. The van der Waals surface area contributed by atoms with Crippen LogP contribution in [0, 0.1) is 0 Å². The molecule has 0 aliphatic heterocycles. The van der Waals surface area contributed by atoms with Gasteiger partial charge >= 0.3 is 0 Å². The van der Waals surface area contributed by atoms with Crippen LogP contribution in [0.25, 0.3) is 0 Å². The van der Waals surface area contributed by atoms with E-state index in [0.717, 1.165) is 5.56 Å². The minimum absolute atomic E-state index is 0.0937. The van der Waals surface area contributed by atoms with Crippen molar-refractivity contribution in [3.05, 3.63) is 88.9 Å². The highest BCUT2D eigenvalue weighted by atomic mass is 35.5. The molecule has 142 valence electrons. The average molecular weight is 395 g/mol. The number of benzene rings is 3. The van der Waals surface area contributed by atoms with E-state index in [-0.39, 0.29) is 11.8 Å². The number of amides is 2. The molecule has 0 unspecified atom stereocenters. The Balaban J connectivity index is 1.59. The summed E-state index contributed by atoms with van der Waals surface area (Å²) >= 11 is 6.09. The topological polar surface area (TPSA) is 67.4 Å². The quantitative estimate of drug-likeness (QED) is 0.616. The number of carbonyl (C=O) groups is 2. The van der Waals surface area contributed by atoms with Gasteiger partial charge in [-0.2, -0.15) is 0 Å². The molecular formula is C22H19ClN2O3. The normalized spacial score (nSPS) is 10.2. The largest absolute Gasteiger partial charge is 0.456 e. The van der Waals surface area contributed by atoms with E-state index in [1.165, 1.54) is 6.92 Å². The highest BCUT2D eigenvalue weighted by Crippen LogP contribution is 2.29. The van der Waals surface area contributed by atoms with Gasteiger partial charge in [0.1, 0.15) is 11.5 Å². The second kappa shape index (κ2) is 9.06. The Kier molecular flexibility index (Phi) is 6.29. The summed E-state index contributed by atoms with van der Waals surface area (Å²) in [6, 6.07) is 21.3. The molecule has 3 aromatic carbocycles. The third-order valence-corrected chi connectivity index (χ3v) is 4.25. The summed E-state index contributed by atoms with van der Waals surface area (Å²) in [7, 11) is 0. The summed E-state index contributed by atoms with van der Waals surface area (Å²) in [5, 5.41) is 6.09. The molecule has 0 aliphatic carbocycles. The Hall–Kier alpha value is -3.31. The fourth-order valence-corrected chi connectivity index (χ4v) is 2.64. The lowest BCUT2D eigenvalue weighted by Gasteiger charge is -2.09. The molecule has 0 saturated heterocycles. The molecule has 0 fully saturated rings. The van der Waals surface area contributed by atoms with E-state index in [2.05, 4.69) is 10.6 Å². The molecule has 28 heavy (non-hydrogen) atoms. The van der Waals surface area contributed by atoms with Crippen LogP contribution in [0.3, 0.4) is 0 Å². The van der Waals surface area contributed by atoms with Crippen LogP contribution in [0.1, 0.15) is 22.8 Å². The average Bonchev–Trinajstić information content (AvgIpc) is 2.70. The molecule has 5 nitrogen and oxygen atoms in total. The summed E-state index contributed by atoms with van der Waals surface area (Å²) in [6.07, 6.45) is 0. The van der Waals surface area contributed by atoms with Gasteiger partial charge in [-0.15, -0.1) is 0 Å². The molecule has 0 radical (unpaired) electrons. The molecule has 2 N–H and O–H groups in total. The van der Waals surface area contributed by atoms with Crippen molar-refractivity contribution >= 4 is 29.1 Å². The van der Waals surface area contributed by atoms with E-state index in [1.807, 2.05) is 24.3 Å². The summed E-state index contributed by atoms with van der Waals surface area (Å²) in [5.41, 5.74) is 2.11. The van der Waals surface area contributed by atoms with Gasteiger partial charge in [0, 0.05) is 24.7 Å². The van der Waals surface area contributed by atoms with Crippen LogP contribution in [0.4, 0.5) is 5.69 Å². The first kappa shape index (κ1) is 19.5. The van der Waals surface area contributed by atoms with E-state index >= 15 is 0 Å². The summed E-state index contributed by atoms with van der Waals surface area (Å²) in [6.45, 7) is 1.90. The van der Waals surface area contributed by atoms with Crippen LogP contribution >= 0.6 is 11.6 Å². The first-order chi connectivity index (χ1) is 13.5. The molecule has 0 spiro atoms. The van der Waals surface area contributed by atoms with Crippen molar-refractivity contribution in [3.63, 3.8) is 0 Å². The molecule has 0 aliphatic rings. The predicted molar refractivity (Wildman–Crippen MR) is 110 cm³/mol. The van der Waals surface area contributed by atoms with Gasteiger partial charge in [-0.1, -0.05) is 35.9 Å². The summed E-state index contributed by atoms with van der Waals surface area (Å²) < 4.78 is 5.73. The molecule has 0 saturated carbocycles. The van der Waals surface area contributed by atoms with Gasteiger partial charge in [0.25, 0.3) is 5.91 Å². The molecule has 0 bridgehead atoms. The van der Waals surface area contributed by atoms with Gasteiger partial charge in [0.05, 0.1) is 5.02 Å². The zero-order chi connectivity index (χ0) is 19.9. The van der Waals surface area contributed by atoms with Crippen LogP contribution < -0.4 is 15.4 Å². The summed E-state index contributed by atoms with van der Waals surface area (Å²) in [4.78, 5) is 23.3. The third-order valence-electron chi connectivity index (χ3n) is 3.93. The Morgan fingerprint density at radius 2 is 1.61 bits per heavy atom. The van der Waals surface area contributed by atoms with Crippen LogP contribution in [0.2, 0.25) is 5.02 Å². The SMILES string of the molecule is CC(=O)NCc1ccc(C(=O)Nc2ccc(Oc3ccccc3Cl)cc2)cc1. The van der Waals surface area contributed by atoms with Gasteiger partial charge in [0.15, 0.2) is 0 Å². The Morgan fingerprint density at radius 3 is 2.25 bits per heavy atom. The molecule has 3 aromatic rings. The number of hydrogen-bond acceptors (Lipinski definition) is 3. The number of carbonyl (C=O) groups excluding carboxylic acids is 2. The Bertz CT molecular complexity index is 970. The zero-order valence-electron chi connectivity index (χ0n) is 15.2. The Morgan fingerprint density at radius 1 is 0.929 bits per heavy atom. The van der Waals surface area contributed by atoms with Crippen molar-refractivity contribution in [2.24, 2.45) is 0 Å². The standard InChI is InChI=1S/C22H19ClN2O3/c1-15(26)24-14-16-6-8-17(9-7-16)22(27)25-18-10-12-19(13-11-18)28-21-5-3-2-4-20(21)23/h2-13H,14H2,1H3,(H,24,26)(H,25,27). The van der Waals surface area contributed by atoms with Crippen molar-refractivity contribution in [2.45, 2.75) is 13.5 Å². The lowest BCUT2D eigenvalue weighted by atomic mass is 10.1. The fourth-order valence-electron chi connectivity index (χ4n) is 2.46. The Labute approximate surface area is 168 Å². The van der Waals surface area contributed by atoms with Gasteiger partial charge in [-0.3, -0.25) is 9.59 Å². The molecule has 0 aromatic heterocycles. The maximum absolute atomic E-state index is 12.4.